The molecule has 0 bridgehead atoms. The van der Waals surface area contributed by atoms with Crippen LogP contribution in [0.2, 0.25) is 0 Å². The van der Waals surface area contributed by atoms with Crippen LogP contribution in [0.4, 0.5) is 0 Å². The molecule has 0 saturated carbocycles. The molecule has 0 unspecified atom stereocenters. The van der Waals surface area contributed by atoms with E-state index in [-0.39, 0.29) is 17.0 Å². The van der Waals surface area contributed by atoms with Crippen LogP contribution in [0.15, 0.2) is 29.0 Å². The first-order valence-corrected chi connectivity index (χ1v) is 2.74. The Morgan fingerprint density at radius 2 is 2.25 bits per heavy atom. The van der Waals surface area contributed by atoms with Gasteiger partial charge in [0.2, 0.25) is 0 Å². The molecule has 1 rings (SSSR count). The Bertz CT molecular complexity index is 140. The Balaban J connectivity index is 0.000000490. The minimum absolute atomic E-state index is 0. The molecule has 0 amide bonds. The zero-order chi connectivity index (χ0) is 5.11. The van der Waals surface area contributed by atoms with Crippen molar-refractivity contribution in [2.45, 2.75) is 0 Å². The van der Waals surface area contributed by atoms with Gasteiger partial charge >= 0.3 is 0 Å². The first-order chi connectivity index (χ1) is 3.39. The van der Waals surface area contributed by atoms with E-state index in [1.54, 1.807) is 12.4 Å². The molecular formula is C5H5Br2N. The zero-order valence-corrected chi connectivity index (χ0v) is 7.34. The number of hydrogen-bond acceptors (Lipinski definition) is 1. The zero-order valence-electron chi connectivity index (χ0n) is 4.04. The van der Waals surface area contributed by atoms with E-state index < -0.39 is 0 Å². The fraction of sp³-hybridized carbons (Fsp3) is 0. The first-order valence-electron chi connectivity index (χ1n) is 1.95. The lowest BCUT2D eigenvalue weighted by molar-refractivity contribution is 1.31. The average Bonchev–Trinajstić information content (AvgIpc) is 1.69. The Hall–Kier alpha value is 0.110. The van der Waals surface area contributed by atoms with Crippen molar-refractivity contribution >= 4 is 32.9 Å². The molecule has 0 aromatic carbocycles. The van der Waals surface area contributed by atoms with Crippen LogP contribution in [0.5, 0.6) is 0 Å². The molecule has 1 nitrogen and oxygen atoms in total. The van der Waals surface area contributed by atoms with Crippen molar-refractivity contribution in [1.29, 1.82) is 0 Å². The van der Waals surface area contributed by atoms with Gasteiger partial charge in [-0.15, -0.1) is 17.0 Å². The van der Waals surface area contributed by atoms with Crippen LogP contribution in [0, 0.1) is 0 Å². The number of pyridine rings is 1. The second kappa shape index (κ2) is 4.04. The predicted octanol–water partition coefficient (Wildman–Crippen LogP) is 2.42. The highest BCUT2D eigenvalue weighted by atomic mass is 79.9. The van der Waals surface area contributed by atoms with Crippen molar-refractivity contribution in [3.05, 3.63) is 29.0 Å². The van der Waals surface area contributed by atoms with Gasteiger partial charge < -0.3 is 0 Å². The molecule has 0 spiro atoms. The van der Waals surface area contributed by atoms with Gasteiger partial charge in [0, 0.05) is 16.9 Å². The molecule has 0 N–H and O–H groups in total. The smallest absolute Gasteiger partial charge is 0.0410 e. The van der Waals surface area contributed by atoms with Crippen LogP contribution in [-0.2, 0) is 0 Å². The summed E-state index contributed by atoms with van der Waals surface area (Å²) >= 11 is 3.25. The van der Waals surface area contributed by atoms with Crippen LogP contribution in [0.25, 0.3) is 0 Å². The summed E-state index contributed by atoms with van der Waals surface area (Å²) < 4.78 is 1.02. The van der Waals surface area contributed by atoms with Crippen molar-refractivity contribution in [2.24, 2.45) is 0 Å². The molecular weight excluding hydrogens is 234 g/mol. The maximum Gasteiger partial charge on any atom is 0.0410 e. The highest BCUT2D eigenvalue weighted by molar-refractivity contribution is 9.10. The molecule has 8 heavy (non-hydrogen) atoms. The standard InChI is InChI=1S/C5H4BrN.BrH/c6-5-2-1-3-7-4-5;/h1-4H;1H. The van der Waals surface area contributed by atoms with Crippen molar-refractivity contribution in [3.63, 3.8) is 0 Å². The second-order valence-corrected chi connectivity index (χ2v) is 2.09. The molecule has 3 heteroatoms. The summed E-state index contributed by atoms with van der Waals surface area (Å²) in [6, 6.07) is 3.82. The first kappa shape index (κ1) is 8.11. The topological polar surface area (TPSA) is 12.9 Å². The van der Waals surface area contributed by atoms with Crippen LogP contribution < -0.4 is 0 Å². The third-order valence-corrected chi connectivity index (χ3v) is 1.09. The number of halogens is 2. The van der Waals surface area contributed by atoms with Crippen LogP contribution in [0.1, 0.15) is 0 Å². The third-order valence-electron chi connectivity index (χ3n) is 0.625. The van der Waals surface area contributed by atoms with Gasteiger partial charge in [-0.3, -0.25) is 4.98 Å². The number of rotatable bonds is 0. The van der Waals surface area contributed by atoms with E-state index in [9.17, 15) is 0 Å². The average molecular weight is 239 g/mol. The maximum atomic E-state index is 3.84. The molecule has 0 atom stereocenters. The Morgan fingerprint density at radius 3 is 2.50 bits per heavy atom. The Labute approximate surface area is 67.0 Å². The van der Waals surface area contributed by atoms with Gasteiger partial charge in [-0.1, -0.05) is 0 Å². The van der Waals surface area contributed by atoms with Gasteiger partial charge in [0.1, 0.15) is 0 Å². The summed E-state index contributed by atoms with van der Waals surface area (Å²) in [5.74, 6) is 0. The summed E-state index contributed by atoms with van der Waals surface area (Å²) in [4.78, 5) is 3.84. The molecule has 0 radical (unpaired) electrons. The van der Waals surface area contributed by atoms with Gasteiger partial charge in [-0.05, 0) is 28.1 Å². The van der Waals surface area contributed by atoms with Crippen LogP contribution >= 0.6 is 32.9 Å². The van der Waals surface area contributed by atoms with E-state index in [1.807, 2.05) is 12.1 Å². The number of hydrogen-bond donors (Lipinski definition) is 0. The van der Waals surface area contributed by atoms with Crippen molar-refractivity contribution in [2.75, 3.05) is 0 Å². The molecule has 44 valence electrons. The van der Waals surface area contributed by atoms with Crippen molar-refractivity contribution in [1.82, 2.24) is 4.98 Å². The lowest BCUT2D eigenvalue weighted by atomic mass is 10.5. The summed E-state index contributed by atoms with van der Waals surface area (Å²) in [5, 5.41) is 0. The number of aromatic nitrogens is 1. The molecule has 0 aliphatic rings. The quantitative estimate of drug-likeness (QED) is 0.677. The highest BCUT2D eigenvalue weighted by Gasteiger charge is 1.75. The lowest BCUT2D eigenvalue weighted by Gasteiger charge is -1.80. The van der Waals surface area contributed by atoms with E-state index >= 15 is 0 Å². The summed E-state index contributed by atoms with van der Waals surface area (Å²) in [7, 11) is 0. The van der Waals surface area contributed by atoms with Crippen LogP contribution in [0.3, 0.4) is 0 Å². The predicted molar refractivity (Wildman–Crippen MR) is 42.3 cm³/mol. The molecule has 0 aliphatic carbocycles. The molecule has 0 aliphatic heterocycles. The molecule has 0 fully saturated rings. The normalized spacial score (nSPS) is 7.62. The SMILES string of the molecule is Br.Brc1cccnc1. The minimum Gasteiger partial charge on any atom is -0.264 e. The van der Waals surface area contributed by atoms with E-state index in [2.05, 4.69) is 20.9 Å². The van der Waals surface area contributed by atoms with Crippen molar-refractivity contribution < 1.29 is 0 Å². The number of nitrogens with zero attached hydrogens (tertiary/aromatic N) is 1. The summed E-state index contributed by atoms with van der Waals surface area (Å²) in [6.07, 6.45) is 3.49. The Morgan fingerprint density at radius 1 is 1.50 bits per heavy atom. The fourth-order valence-corrected chi connectivity index (χ4v) is 0.613. The largest absolute Gasteiger partial charge is 0.264 e. The third kappa shape index (κ3) is 2.43. The summed E-state index contributed by atoms with van der Waals surface area (Å²) in [5.41, 5.74) is 0. The molecule has 0 saturated heterocycles. The van der Waals surface area contributed by atoms with Gasteiger partial charge in [-0.25, -0.2) is 0 Å². The Kier molecular flexibility index (Phi) is 4.09. The van der Waals surface area contributed by atoms with Gasteiger partial charge in [0.25, 0.3) is 0 Å². The van der Waals surface area contributed by atoms with E-state index in [0.29, 0.717) is 0 Å². The van der Waals surface area contributed by atoms with E-state index in [0.717, 1.165) is 4.47 Å². The fourth-order valence-electron chi connectivity index (χ4n) is 0.342. The second-order valence-electron chi connectivity index (χ2n) is 1.17. The monoisotopic (exact) mass is 237 g/mol. The van der Waals surface area contributed by atoms with Gasteiger partial charge in [0.15, 0.2) is 0 Å². The maximum absolute atomic E-state index is 3.84. The van der Waals surface area contributed by atoms with Gasteiger partial charge in [-0.2, -0.15) is 0 Å². The van der Waals surface area contributed by atoms with Crippen LogP contribution in [-0.4, -0.2) is 4.98 Å². The highest BCUT2D eigenvalue weighted by Crippen LogP contribution is 2.02. The molecule has 1 aromatic heterocycles. The minimum atomic E-state index is 0. The summed E-state index contributed by atoms with van der Waals surface area (Å²) in [6.45, 7) is 0. The van der Waals surface area contributed by atoms with E-state index in [4.69, 9.17) is 0 Å². The van der Waals surface area contributed by atoms with Crippen molar-refractivity contribution in [3.8, 4) is 0 Å². The van der Waals surface area contributed by atoms with E-state index in [1.165, 1.54) is 0 Å². The lowest BCUT2D eigenvalue weighted by Crippen LogP contribution is -1.64. The molecule has 1 heterocycles. The van der Waals surface area contributed by atoms with Gasteiger partial charge in [0.05, 0.1) is 0 Å². The molecule has 1 aromatic rings.